The summed E-state index contributed by atoms with van der Waals surface area (Å²) in [7, 11) is 0. The highest BCUT2D eigenvalue weighted by Crippen LogP contribution is 2.35. The monoisotopic (exact) mass is 518 g/mol. The van der Waals surface area contributed by atoms with E-state index in [0.717, 1.165) is 29.9 Å². The molecule has 0 unspecified atom stereocenters. The Morgan fingerprint density at radius 2 is 1.82 bits per heavy atom. The van der Waals surface area contributed by atoms with Gasteiger partial charge in [-0.25, -0.2) is 14.6 Å². The topological polar surface area (TPSA) is 99.2 Å². The van der Waals surface area contributed by atoms with Crippen LogP contribution in [0.2, 0.25) is 0 Å². The van der Waals surface area contributed by atoms with Crippen molar-refractivity contribution in [1.29, 1.82) is 0 Å². The summed E-state index contributed by atoms with van der Waals surface area (Å²) in [6.45, 7) is 4.93. The van der Waals surface area contributed by atoms with Crippen molar-refractivity contribution in [1.82, 2.24) is 24.6 Å². The van der Waals surface area contributed by atoms with Gasteiger partial charge in [0.25, 0.3) is 5.91 Å². The van der Waals surface area contributed by atoms with Gasteiger partial charge in [-0.1, -0.05) is 24.8 Å². The number of para-hydroxylation sites is 1. The maximum Gasteiger partial charge on any atom is 0.260 e. The van der Waals surface area contributed by atoms with Crippen molar-refractivity contribution < 1.29 is 9.53 Å². The Hall–Kier alpha value is -3.72. The number of nitrogen functional groups attached to an aromatic ring is 1. The molecular formula is C25H23BrN6O2. The summed E-state index contributed by atoms with van der Waals surface area (Å²) in [5.41, 5.74) is 8.51. The van der Waals surface area contributed by atoms with Crippen molar-refractivity contribution in [3.8, 4) is 22.8 Å². The molecule has 1 atom stereocenters. The first-order chi connectivity index (χ1) is 16.5. The summed E-state index contributed by atoms with van der Waals surface area (Å²) in [6, 6.07) is 17.3. The lowest BCUT2D eigenvalue weighted by atomic mass is 10.1. The van der Waals surface area contributed by atoms with E-state index >= 15 is 0 Å². The molecule has 172 valence electrons. The van der Waals surface area contributed by atoms with E-state index in [-0.39, 0.29) is 11.9 Å². The first-order valence-electron chi connectivity index (χ1n) is 11.0. The molecular weight excluding hydrogens is 496 g/mol. The van der Waals surface area contributed by atoms with Crippen molar-refractivity contribution >= 4 is 38.7 Å². The molecule has 0 radical (unpaired) electrons. The number of nitrogens with zero attached hydrogens (tertiary/aromatic N) is 5. The quantitative estimate of drug-likeness (QED) is 0.375. The van der Waals surface area contributed by atoms with Gasteiger partial charge in [0, 0.05) is 18.7 Å². The van der Waals surface area contributed by atoms with Crippen LogP contribution in [0.3, 0.4) is 0 Å². The summed E-state index contributed by atoms with van der Waals surface area (Å²) in [6.07, 6.45) is 3.19. The number of nitrogens with two attached hydrogens (primary N) is 1. The average molecular weight is 519 g/mol. The molecule has 1 fully saturated rings. The van der Waals surface area contributed by atoms with E-state index in [1.54, 1.807) is 4.90 Å². The van der Waals surface area contributed by atoms with Gasteiger partial charge in [-0.15, -0.1) is 0 Å². The zero-order valence-corrected chi connectivity index (χ0v) is 20.0. The van der Waals surface area contributed by atoms with E-state index in [1.165, 1.54) is 6.33 Å². The molecule has 3 heterocycles. The van der Waals surface area contributed by atoms with Gasteiger partial charge in [-0.2, -0.15) is 5.10 Å². The molecule has 5 rings (SSSR count). The highest BCUT2D eigenvalue weighted by molar-refractivity contribution is 9.12. The van der Waals surface area contributed by atoms with Gasteiger partial charge in [0.2, 0.25) is 0 Å². The van der Waals surface area contributed by atoms with Crippen LogP contribution in [0.1, 0.15) is 18.9 Å². The van der Waals surface area contributed by atoms with E-state index in [9.17, 15) is 4.79 Å². The van der Waals surface area contributed by atoms with Crippen molar-refractivity contribution in [3.05, 3.63) is 72.0 Å². The van der Waals surface area contributed by atoms with E-state index in [4.69, 9.17) is 15.6 Å². The predicted octanol–water partition coefficient (Wildman–Crippen LogP) is 4.94. The fourth-order valence-corrected chi connectivity index (χ4v) is 4.52. The maximum absolute atomic E-state index is 12.5. The number of piperidine rings is 1. The zero-order valence-electron chi connectivity index (χ0n) is 18.4. The van der Waals surface area contributed by atoms with Crippen molar-refractivity contribution in [3.63, 3.8) is 0 Å². The van der Waals surface area contributed by atoms with Crippen LogP contribution < -0.4 is 10.5 Å². The second kappa shape index (κ2) is 9.26. The minimum absolute atomic E-state index is 0.0317. The number of rotatable bonds is 5. The van der Waals surface area contributed by atoms with Crippen molar-refractivity contribution in [2.75, 3.05) is 18.8 Å². The molecule has 2 aromatic heterocycles. The lowest BCUT2D eigenvalue weighted by Gasteiger charge is -2.32. The molecule has 1 aliphatic heterocycles. The minimum atomic E-state index is -0.107. The molecule has 2 N–H and O–H groups in total. The van der Waals surface area contributed by atoms with Crippen LogP contribution in [0, 0.1) is 0 Å². The number of benzene rings is 2. The van der Waals surface area contributed by atoms with Crippen LogP contribution in [0.5, 0.6) is 11.5 Å². The second-order valence-electron chi connectivity index (χ2n) is 8.14. The molecule has 34 heavy (non-hydrogen) atoms. The number of fused-ring (bicyclic) bond motifs is 1. The number of halogens is 1. The Morgan fingerprint density at radius 1 is 1.09 bits per heavy atom. The third-order valence-electron chi connectivity index (χ3n) is 5.89. The molecule has 0 spiro atoms. The number of anilines is 1. The fourth-order valence-electron chi connectivity index (χ4n) is 4.27. The van der Waals surface area contributed by atoms with Crippen LogP contribution in [0.15, 0.2) is 72.0 Å². The lowest BCUT2D eigenvalue weighted by Crippen LogP contribution is -2.41. The molecule has 1 saturated heterocycles. The van der Waals surface area contributed by atoms with Gasteiger partial charge in [-0.05, 0) is 65.2 Å². The van der Waals surface area contributed by atoms with E-state index in [1.807, 2.05) is 59.3 Å². The fraction of sp³-hybridized carbons (Fsp3) is 0.200. The minimum Gasteiger partial charge on any atom is -0.457 e. The van der Waals surface area contributed by atoms with Crippen LogP contribution in [0.4, 0.5) is 5.82 Å². The normalized spacial score (nSPS) is 15.9. The second-order valence-corrected chi connectivity index (χ2v) is 9.10. The highest BCUT2D eigenvalue weighted by Gasteiger charge is 2.29. The summed E-state index contributed by atoms with van der Waals surface area (Å²) < 4.78 is 8.14. The number of hydrogen-bond donors (Lipinski definition) is 1. The van der Waals surface area contributed by atoms with Gasteiger partial charge < -0.3 is 15.4 Å². The smallest absolute Gasteiger partial charge is 0.260 e. The Balaban J connectivity index is 1.49. The first-order valence-corrected chi connectivity index (χ1v) is 11.8. The van der Waals surface area contributed by atoms with E-state index in [0.29, 0.717) is 40.1 Å². The van der Waals surface area contributed by atoms with Crippen molar-refractivity contribution in [2.45, 2.75) is 18.9 Å². The first kappa shape index (κ1) is 22.1. The molecule has 0 saturated carbocycles. The summed E-state index contributed by atoms with van der Waals surface area (Å²) in [5, 5.41) is 5.62. The predicted molar refractivity (Wildman–Crippen MR) is 135 cm³/mol. The third-order valence-corrected chi connectivity index (χ3v) is 6.23. The number of hydrogen-bond acceptors (Lipinski definition) is 6. The van der Waals surface area contributed by atoms with Crippen LogP contribution in [-0.4, -0.2) is 43.6 Å². The molecule has 1 aliphatic rings. The Labute approximate surface area is 205 Å². The Morgan fingerprint density at radius 3 is 2.56 bits per heavy atom. The lowest BCUT2D eigenvalue weighted by molar-refractivity contribution is -0.127. The summed E-state index contributed by atoms with van der Waals surface area (Å²) in [4.78, 5) is 23.0. The zero-order chi connectivity index (χ0) is 23.7. The molecule has 0 aliphatic carbocycles. The van der Waals surface area contributed by atoms with Gasteiger partial charge in [0.1, 0.15) is 29.3 Å². The molecule has 2 aromatic carbocycles. The number of amides is 1. The molecule has 1 amide bonds. The van der Waals surface area contributed by atoms with Gasteiger partial charge in [0.15, 0.2) is 5.65 Å². The van der Waals surface area contributed by atoms with Gasteiger partial charge in [-0.3, -0.25) is 4.79 Å². The molecule has 0 bridgehead atoms. The van der Waals surface area contributed by atoms with E-state index < -0.39 is 0 Å². The number of carbonyl (C=O) groups excluding carboxylic acids is 1. The number of likely N-dealkylation sites (tertiary alicyclic amines) is 1. The van der Waals surface area contributed by atoms with Crippen LogP contribution in [0.25, 0.3) is 22.3 Å². The number of carbonyl (C=O) groups is 1. The number of ether oxygens (including phenoxy) is 1. The highest BCUT2D eigenvalue weighted by atomic mass is 79.9. The van der Waals surface area contributed by atoms with Gasteiger partial charge >= 0.3 is 0 Å². The standard InChI is InChI=1S/C25H23BrN6O2/c1-16(26)25(33)31-13-5-6-18(14-31)32-24-21(23(27)28-15-29-24)22(30-32)17-9-11-20(12-10-17)34-19-7-3-2-4-8-19/h2-4,7-12,15,18H,1,5-6,13-14H2,(H2,27,28,29)/t18-/m1/s1. The molecule has 8 nitrogen and oxygen atoms in total. The average Bonchev–Trinajstić information content (AvgIpc) is 3.26. The number of aromatic nitrogens is 4. The molecule has 9 heteroatoms. The molecule has 4 aromatic rings. The Bertz CT molecular complexity index is 1350. The van der Waals surface area contributed by atoms with Crippen LogP contribution >= 0.6 is 15.9 Å². The van der Waals surface area contributed by atoms with Crippen LogP contribution in [-0.2, 0) is 4.79 Å². The maximum atomic E-state index is 12.5. The Kier molecular flexibility index (Phi) is 6.02. The van der Waals surface area contributed by atoms with E-state index in [2.05, 4.69) is 32.5 Å². The van der Waals surface area contributed by atoms with Gasteiger partial charge in [0.05, 0.1) is 15.9 Å². The SMILES string of the molecule is C=C(Br)C(=O)N1CCC[C@@H](n2nc(-c3ccc(Oc4ccccc4)cc3)c3c(N)ncnc32)C1. The summed E-state index contributed by atoms with van der Waals surface area (Å²) >= 11 is 3.21. The largest absolute Gasteiger partial charge is 0.457 e. The third kappa shape index (κ3) is 4.26. The summed E-state index contributed by atoms with van der Waals surface area (Å²) in [5.74, 6) is 1.75. The van der Waals surface area contributed by atoms with Crippen molar-refractivity contribution in [2.24, 2.45) is 0 Å².